The Kier molecular flexibility index (Phi) is 11.3. The van der Waals surface area contributed by atoms with E-state index < -0.39 is 11.9 Å². The monoisotopic (exact) mass is 492 g/mol. The Balaban J connectivity index is 0.000000483. The van der Waals surface area contributed by atoms with Crippen molar-refractivity contribution in [3.05, 3.63) is 68.8 Å². The molecule has 2 rings (SSSR count). The van der Waals surface area contributed by atoms with Gasteiger partial charge in [0, 0.05) is 11.1 Å². The molecule has 0 aliphatic heterocycles. The van der Waals surface area contributed by atoms with E-state index in [0.29, 0.717) is 11.1 Å². The van der Waals surface area contributed by atoms with E-state index in [0.717, 1.165) is 46.2 Å². The van der Waals surface area contributed by atoms with Crippen molar-refractivity contribution >= 4 is 60.8 Å². The first-order valence-corrected chi connectivity index (χ1v) is 8.76. The van der Waals surface area contributed by atoms with Crippen LogP contribution in [0.25, 0.3) is 0 Å². The molecule has 0 heterocycles. The van der Waals surface area contributed by atoms with Crippen LogP contribution in [0, 0.1) is 27.7 Å². The molecule has 0 bridgehead atoms. The summed E-state index contributed by atoms with van der Waals surface area (Å²) in [7, 11) is 0. The molecule has 0 aromatic heterocycles. The van der Waals surface area contributed by atoms with E-state index in [-0.39, 0.29) is 48.9 Å². The number of aryl methyl sites for hydroxylation is 2. The first-order chi connectivity index (χ1) is 12.1. The van der Waals surface area contributed by atoms with Crippen molar-refractivity contribution < 1.29 is 19.8 Å². The molecule has 2 aromatic carbocycles. The number of hydrogen-bond acceptors (Lipinski definition) is 4. The van der Waals surface area contributed by atoms with Crippen LogP contribution in [0.3, 0.4) is 0 Å². The van der Waals surface area contributed by atoms with Crippen molar-refractivity contribution in [3.8, 4) is 0 Å². The summed E-state index contributed by atoms with van der Waals surface area (Å²) >= 11 is 0. The first-order valence-electron chi connectivity index (χ1n) is 8.76. The van der Waals surface area contributed by atoms with E-state index in [1.54, 1.807) is 12.1 Å². The van der Waals surface area contributed by atoms with Gasteiger partial charge in [0.15, 0.2) is 0 Å². The number of carbonyl (C=O) groups excluding carboxylic acids is 2. The summed E-state index contributed by atoms with van der Waals surface area (Å²) in [6, 6.07) is 6.88. The van der Waals surface area contributed by atoms with Gasteiger partial charge >= 0.3 is 48.9 Å². The molecular formula is C22H26BaO4. The molecule has 0 unspecified atom stereocenters. The quantitative estimate of drug-likeness (QED) is 0.614. The largest absolute Gasteiger partial charge is 2.00 e. The van der Waals surface area contributed by atoms with E-state index in [9.17, 15) is 19.8 Å². The second kappa shape index (κ2) is 11.7. The number of carboxylic acid groups (broad SMARTS) is 2. The van der Waals surface area contributed by atoms with Gasteiger partial charge in [0.1, 0.15) is 0 Å². The van der Waals surface area contributed by atoms with Gasteiger partial charge in [0.05, 0.1) is 11.9 Å². The maximum atomic E-state index is 10.7. The Morgan fingerprint density at radius 3 is 1.22 bits per heavy atom. The number of hydrogen-bond donors (Lipinski definition) is 0. The van der Waals surface area contributed by atoms with Gasteiger partial charge in [-0.3, -0.25) is 0 Å². The molecule has 27 heavy (non-hydrogen) atoms. The van der Waals surface area contributed by atoms with Gasteiger partial charge in [-0.2, -0.15) is 0 Å². The topological polar surface area (TPSA) is 80.3 Å². The fourth-order valence-electron chi connectivity index (χ4n) is 3.04. The molecule has 5 heteroatoms. The fourth-order valence-corrected chi connectivity index (χ4v) is 3.04. The van der Waals surface area contributed by atoms with Gasteiger partial charge in [-0.1, -0.05) is 38.1 Å². The molecular weight excluding hydrogens is 466 g/mol. The number of carboxylic acids is 2. The third-order valence-electron chi connectivity index (χ3n) is 4.89. The summed E-state index contributed by atoms with van der Waals surface area (Å²) in [6.07, 6.45) is 1.47. The van der Waals surface area contributed by atoms with Crippen LogP contribution < -0.4 is 10.2 Å². The summed E-state index contributed by atoms with van der Waals surface area (Å²) in [5, 5.41) is 21.5. The van der Waals surface area contributed by atoms with Crippen LogP contribution in [0.15, 0.2) is 24.3 Å². The summed E-state index contributed by atoms with van der Waals surface area (Å²) < 4.78 is 0. The maximum absolute atomic E-state index is 10.7. The Morgan fingerprint density at radius 2 is 1.00 bits per heavy atom. The van der Waals surface area contributed by atoms with Crippen molar-refractivity contribution in [2.75, 3.05) is 0 Å². The predicted molar refractivity (Wildman–Crippen MR) is 105 cm³/mol. The molecule has 0 spiro atoms. The van der Waals surface area contributed by atoms with E-state index in [1.807, 2.05) is 53.7 Å². The van der Waals surface area contributed by atoms with Gasteiger partial charge < -0.3 is 19.8 Å². The van der Waals surface area contributed by atoms with E-state index in [4.69, 9.17) is 0 Å². The summed E-state index contributed by atoms with van der Waals surface area (Å²) in [5.41, 5.74) is 6.80. The van der Waals surface area contributed by atoms with Gasteiger partial charge in [-0.15, -0.1) is 0 Å². The number of carbonyl (C=O) groups is 2. The molecule has 0 fully saturated rings. The van der Waals surface area contributed by atoms with E-state index >= 15 is 0 Å². The molecule has 0 aliphatic rings. The Bertz CT molecular complexity index is 756. The van der Waals surface area contributed by atoms with Gasteiger partial charge in [-0.05, 0) is 73.9 Å². The van der Waals surface area contributed by atoms with Gasteiger partial charge in [0.2, 0.25) is 0 Å². The standard InChI is InChI=1S/2C11H14O2.Ba/c2*1-4-9-8(3)7(2)5-6-10(9)11(12)13;/h2*5-6H,4H2,1-3H3,(H,12,13);/q;;+2/p-2. The second-order valence-corrected chi connectivity index (χ2v) is 6.35. The molecule has 4 nitrogen and oxygen atoms in total. The summed E-state index contributed by atoms with van der Waals surface area (Å²) in [6.45, 7) is 11.8. The van der Waals surface area contributed by atoms with Crippen molar-refractivity contribution in [2.24, 2.45) is 0 Å². The minimum atomic E-state index is -1.08. The van der Waals surface area contributed by atoms with Crippen LogP contribution in [-0.2, 0) is 12.8 Å². The molecule has 140 valence electrons. The number of aromatic carboxylic acids is 2. The number of rotatable bonds is 4. The Hall–Kier alpha value is -1.05. The van der Waals surface area contributed by atoms with E-state index in [2.05, 4.69) is 0 Å². The first kappa shape index (κ1) is 26.0. The maximum Gasteiger partial charge on any atom is 2.00 e. The van der Waals surface area contributed by atoms with Crippen LogP contribution in [0.1, 0.15) is 67.9 Å². The fraction of sp³-hybridized carbons (Fsp3) is 0.364. The van der Waals surface area contributed by atoms with Crippen LogP contribution in [0.4, 0.5) is 0 Å². The zero-order valence-corrected chi connectivity index (χ0v) is 21.5. The van der Waals surface area contributed by atoms with Gasteiger partial charge in [-0.25, -0.2) is 0 Å². The minimum Gasteiger partial charge on any atom is -0.545 e. The van der Waals surface area contributed by atoms with Crippen molar-refractivity contribution in [1.82, 2.24) is 0 Å². The normalized spacial score (nSPS) is 9.70. The third-order valence-corrected chi connectivity index (χ3v) is 4.89. The van der Waals surface area contributed by atoms with Crippen molar-refractivity contribution in [2.45, 2.75) is 54.4 Å². The number of benzene rings is 2. The van der Waals surface area contributed by atoms with E-state index in [1.165, 1.54) is 0 Å². The molecule has 0 saturated heterocycles. The SMILES string of the molecule is CCc1c(C(=O)[O-])ccc(C)c1C.CCc1c(C(=O)[O-])ccc(C)c1C.[Ba+2]. The Morgan fingerprint density at radius 1 is 0.704 bits per heavy atom. The molecule has 2 aromatic rings. The summed E-state index contributed by atoms with van der Waals surface area (Å²) in [5.74, 6) is -2.17. The van der Waals surface area contributed by atoms with Crippen LogP contribution in [0.2, 0.25) is 0 Å². The second-order valence-electron chi connectivity index (χ2n) is 6.35. The summed E-state index contributed by atoms with van der Waals surface area (Å²) in [4.78, 5) is 21.5. The van der Waals surface area contributed by atoms with Crippen LogP contribution in [-0.4, -0.2) is 60.8 Å². The smallest absolute Gasteiger partial charge is 0.545 e. The average molecular weight is 492 g/mol. The zero-order valence-electron chi connectivity index (χ0n) is 17.1. The molecule has 0 radical (unpaired) electrons. The molecule has 0 saturated carbocycles. The van der Waals surface area contributed by atoms with Crippen molar-refractivity contribution in [3.63, 3.8) is 0 Å². The molecule has 0 N–H and O–H groups in total. The predicted octanol–water partition coefficient (Wildman–Crippen LogP) is 2.08. The van der Waals surface area contributed by atoms with Gasteiger partial charge in [0.25, 0.3) is 0 Å². The minimum absolute atomic E-state index is 0. The Labute approximate surface area is 202 Å². The molecule has 0 amide bonds. The molecule has 0 atom stereocenters. The average Bonchev–Trinajstić information content (AvgIpc) is 2.59. The van der Waals surface area contributed by atoms with Crippen LogP contribution >= 0.6 is 0 Å². The van der Waals surface area contributed by atoms with Crippen molar-refractivity contribution in [1.29, 1.82) is 0 Å². The third kappa shape index (κ3) is 6.50. The molecule has 0 aliphatic carbocycles. The van der Waals surface area contributed by atoms with Crippen LogP contribution in [0.5, 0.6) is 0 Å². The zero-order chi connectivity index (χ0) is 20.0.